The quantitative estimate of drug-likeness (QED) is 0.229. The Kier molecular flexibility index (Phi) is 6.97. The molecule has 0 amide bonds. The molecule has 7 rings (SSSR count). The van der Waals surface area contributed by atoms with Gasteiger partial charge < -0.3 is 5.32 Å². The van der Waals surface area contributed by atoms with E-state index in [-0.39, 0.29) is 0 Å². The number of dihydropyridines is 1. The van der Waals surface area contributed by atoms with Gasteiger partial charge in [0.1, 0.15) is 0 Å². The number of nitrogens with zero attached hydrogens (tertiary/aromatic N) is 2. The number of pyridine rings is 2. The molecule has 3 heteroatoms. The highest BCUT2D eigenvalue weighted by Crippen LogP contribution is 2.36. The minimum Gasteiger partial charge on any atom is -0.387 e. The number of hydrogen-bond acceptors (Lipinski definition) is 3. The summed E-state index contributed by atoms with van der Waals surface area (Å²) in [5, 5.41) is 3.33. The van der Waals surface area contributed by atoms with E-state index >= 15 is 0 Å². The molecule has 2 aromatic heterocycles. The van der Waals surface area contributed by atoms with Crippen LogP contribution in [0.2, 0.25) is 0 Å². The van der Waals surface area contributed by atoms with Crippen LogP contribution in [0.15, 0.2) is 158 Å². The predicted molar refractivity (Wildman–Crippen MR) is 174 cm³/mol. The van der Waals surface area contributed by atoms with Crippen LogP contribution in [0.1, 0.15) is 5.56 Å². The average Bonchev–Trinajstić information content (AvgIpc) is 3.09. The Hall–Kier alpha value is -5.54. The molecule has 0 radical (unpaired) electrons. The first-order chi connectivity index (χ1) is 20.8. The average molecular weight is 540 g/mol. The van der Waals surface area contributed by atoms with Crippen molar-refractivity contribution in [2.45, 2.75) is 0 Å². The summed E-state index contributed by atoms with van der Waals surface area (Å²) in [6.45, 7) is 0.866. The van der Waals surface area contributed by atoms with Gasteiger partial charge in [-0.1, -0.05) is 78.9 Å². The minimum absolute atomic E-state index is 0.866. The van der Waals surface area contributed by atoms with E-state index < -0.39 is 0 Å². The van der Waals surface area contributed by atoms with Crippen LogP contribution in [0, 0.1) is 0 Å². The van der Waals surface area contributed by atoms with Gasteiger partial charge in [0.25, 0.3) is 0 Å². The molecule has 200 valence electrons. The highest BCUT2D eigenvalue weighted by atomic mass is 14.8. The van der Waals surface area contributed by atoms with Gasteiger partial charge in [0.2, 0.25) is 0 Å². The molecular formula is C39H29N3. The summed E-state index contributed by atoms with van der Waals surface area (Å²) in [5.41, 5.74) is 13.9. The van der Waals surface area contributed by atoms with E-state index in [0.29, 0.717) is 0 Å². The highest BCUT2D eigenvalue weighted by molar-refractivity contribution is 5.85. The van der Waals surface area contributed by atoms with Crippen molar-refractivity contribution >= 4 is 5.57 Å². The fourth-order valence-electron chi connectivity index (χ4n) is 5.48. The number of allylic oxidation sites excluding steroid dienone is 2. The summed E-state index contributed by atoms with van der Waals surface area (Å²) < 4.78 is 0. The standard InChI is InChI=1S/C39H29N3/c1-7-28(34-13-4-16-40-25-34)19-31(10-1)37-22-38(32-11-2-8-29(20-32)35-14-5-17-41-26-35)24-39(23-37)33-12-3-9-30(21-33)36-15-6-18-42-27-36/h1-17,19-27,42H,18H2. The fourth-order valence-corrected chi connectivity index (χ4v) is 5.48. The summed E-state index contributed by atoms with van der Waals surface area (Å²) in [6, 6.07) is 41.3. The lowest BCUT2D eigenvalue weighted by Gasteiger charge is -2.14. The van der Waals surface area contributed by atoms with Crippen molar-refractivity contribution in [3.05, 3.63) is 164 Å². The number of nitrogens with one attached hydrogen (secondary N) is 1. The maximum Gasteiger partial charge on any atom is 0.0346 e. The fraction of sp³-hybridized carbons (Fsp3) is 0.0256. The Morgan fingerprint density at radius 3 is 1.26 bits per heavy atom. The summed E-state index contributed by atoms with van der Waals surface area (Å²) >= 11 is 0. The second kappa shape index (κ2) is 11.5. The van der Waals surface area contributed by atoms with Gasteiger partial charge in [0.15, 0.2) is 0 Å². The van der Waals surface area contributed by atoms with Crippen molar-refractivity contribution in [1.29, 1.82) is 0 Å². The molecule has 3 nitrogen and oxygen atoms in total. The first-order valence-electron chi connectivity index (χ1n) is 14.2. The second-order valence-electron chi connectivity index (χ2n) is 10.4. The summed E-state index contributed by atoms with van der Waals surface area (Å²) in [4.78, 5) is 8.67. The van der Waals surface area contributed by atoms with E-state index in [2.05, 4.69) is 137 Å². The first kappa shape index (κ1) is 25.4. The monoisotopic (exact) mass is 539 g/mol. The second-order valence-corrected chi connectivity index (χ2v) is 10.4. The lowest BCUT2D eigenvalue weighted by molar-refractivity contribution is 0.976. The lowest BCUT2D eigenvalue weighted by Crippen LogP contribution is -2.08. The van der Waals surface area contributed by atoms with Crippen LogP contribution in [0.3, 0.4) is 0 Å². The number of aromatic nitrogens is 2. The SMILES string of the molecule is C1=CC(c2cccc(-c3cc(-c4cccc(-c5cccnc5)c4)cc(-c4cccc(-c5cccnc5)c4)c3)c2)=CNC1. The van der Waals surface area contributed by atoms with Crippen molar-refractivity contribution in [3.63, 3.8) is 0 Å². The predicted octanol–water partition coefficient (Wildman–Crippen LogP) is 9.31. The van der Waals surface area contributed by atoms with Crippen LogP contribution in [0.4, 0.5) is 0 Å². The molecule has 0 bridgehead atoms. The molecule has 6 aromatic rings. The Bertz CT molecular complexity index is 1820. The highest BCUT2D eigenvalue weighted by Gasteiger charge is 2.11. The van der Waals surface area contributed by atoms with Crippen molar-refractivity contribution < 1.29 is 0 Å². The summed E-state index contributed by atoms with van der Waals surface area (Å²) in [5.74, 6) is 0. The third-order valence-corrected chi connectivity index (χ3v) is 7.63. The normalized spacial score (nSPS) is 12.4. The third kappa shape index (κ3) is 5.41. The van der Waals surface area contributed by atoms with Gasteiger partial charge in [-0.15, -0.1) is 0 Å². The maximum absolute atomic E-state index is 4.33. The molecule has 1 aliphatic rings. The molecule has 1 aliphatic heterocycles. The van der Waals surface area contributed by atoms with E-state index in [1.54, 1.807) is 0 Å². The Labute approximate surface area is 246 Å². The molecule has 1 N–H and O–H groups in total. The Morgan fingerprint density at radius 1 is 0.429 bits per heavy atom. The van der Waals surface area contributed by atoms with Gasteiger partial charge in [-0.25, -0.2) is 0 Å². The topological polar surface area (TPSA) is 37.8 Å². The molecule has 0 atom stereocenters. The van der Waals surface area contributed by atoms with Gasteiger partial charge in [0, 0.05) is 48.7 Å². The summed E-state index contributed by atoms with van der Waals surface area (Å²) in [6.07, 6.45) is 13.9. The van der Waals surface area contributed by atoms with E-state index in [4.69, 9.17) is 0 Å². The minimum atomic E-state index is 0.866. The Morgan fingerprint density at radius 2 is 0.833 bits per heavy atom. The molecule has 0 unspecified atom stereocenters. The largest absolute Gasteiger partial charge is 0.387 e. The molecule has 3 heterocycles. The van der Waals surface area contributed by atoms with Gasteiger partial charge in [-0.2, -0.15) is 0 Å². The van der Waals surface area contributed by atoms with Gasteiger partial charge >= 0.3 is 0 Å². The zero-order chi connectivity index (χ0) is 28.1. The molecule has 42 heavy (non-hydrogen) atoms. The van der Waals surface area contributed by atoms with Crippen molar-refractivity contribution in [2.75, 3.05) is 6.54 Å². The molecule has 0 fully saturated rings. The van der Waals surface area contributed by atoms with Crippen LogP contribution in [0.5, 0.6) is 0 Å². The van der Waals surface area contributed by atoms with Crippen LogP contribution in [0.25, 0.3) is 61.2 Å². The molecule has 0 saturated heterocycles. The molecule has 0 spiro atoms. The van der Waals surface area contributed by atoms with Gasteiger partial charge in [-0.3, -0.25) is 9.97 Å². The summed E-state index contributed by atoms with van der Waals surface area (Å²) in [7, 11) is 0. The molecule has 0 aliphatic carbocycles. The van der Waals surface area contributed by atoms with Crippen LogP contribution in [-0.4, -0.2) is 16.5 Å². The first-order valence-corrected chi connectivity index (χ1v) is 14.2. The third-order valence-electron chi connectivity index (χ3n) is 7.63. The Balaban J connectivity index is 1.37. The zero-order valence-electron chi connectivity index (χ0n) is 23.1. The maximum atomic E-state index is 4.33. The van der Waals surface area contributed by atoms with E-state index in [1.807, 2.05) is 36.9 Å². The van der Waals surface area contributed by atoms with Crippen molar-refractivity contribution in [3.8, 4) is 55.6 Å². The van der Waals surface area contributed by atoms with Crippen LogP contribution >= 0.6 is 0 Å². The molecule has 4 aromatic carbocycles. The van der Waals surface area contributed by atoms with Crippen molar-refractivity contribution in [1.82, 2.24) is 15.3 Å². The molecular weight excluding hydrogens is 510 g/mol. The molecule has 0 saturated carbocycles. The number of rotatable bonds is 6. The zero-order valence-corrected chi connectivity index (χ0v) is 23.1. The number of benzene rings is 4. The van der Waals surface area contributed by atoms with Crippen molar-refractivity contribution in [2.24, 2.45) is 0 Å². The van der Waals surface area contributed by atoms with E-state index in [0.717, 1.165) is 28.8 Å². The van der Waals surface area contributed by atoms with Gasteiger partial charge in [-0.05, 0) is 104 Å². The van der Waals surface area contributed by atoms with E-state index in [9.17, 15) is 0 Å². The smallest absolute Gasteiger partial charge is 0.0346 e. The number of hydrogen-bond donors (Lipinski definition) is 1. The lowest BCUT2D eigenvalue weighted by atomic mass is 9.90. The van der Waals surface area contributed by atoms with E-state index in [1.165, 1.54) is 44.5 Å². The van der Waals surface area contributed by atoms with Gasteiger partial charge in [0.05, 0.1) is 0 Å². The van der Waals surface area contributed by atoms with Crippen LogP contribution < -0.4 is 5.32 Å². The van der Waals surface area contributed by atoms with Crippen LogP contribution in [-0.2, 0) is 0 Å².